The van der Waals surface area contributed by atoms with E-state index in [1.807, 2.05) is 0 Å². The summed E-state index contributed by atoms with van der Waals surface area (Å²) in [5.74, 6) is 0.566. The van der Waals surface area contributed by atoms with Crippen LogP contribution in [0.4, 0.5) is 0 Å². The lowest BCUT2D eigenvalue weighted by atomic mass is 9.72. The third kappa shape index (κ3) is 1.68. The van der Waals surface area contributed by atoms with E-state index in [2.05, 4.69) is 41.1 Å². The summed E-state index contributed by atoms with van der Waals surface area (Å²) in [6.07, 6.45) is 2.16. The standard InChI is InChI=1S/C14H15NS/c15-14(7-10-5-6-16-9-10)13-8-11-3-1-2-4-12(11)13/h1-6,9,13-14H,7-8,15H2. The van der Waals surface area contributed by atoms with E-state index in [0.717, 1.165) is 12.8 Å². The summed E-state index contributed by atoms with van der Waals surface area (Å²) in [5, 5.41) is 4.32. The van der Waals surface area contributed by atoms with Crippen LogP contribution in [0.1, 0.15) is 22.6 Å². The Morgan fingerprint density at radius 3 is 2.94 bits per heavy atom. The minimum Gasteiger partial charge on any atom is -0.327 e. The number of benzene rings is 1. The third-order valence-electron chi connectivity index (χ3n) is 3.46. The Balaban J connectivity index is 1.72. The molecule has 1 heterocycles. The number of thiophene rings is 1. The van der Waals surface area contributed by atoms with Crippen molar-refractivity contribution in [1.29, 1.82) is 0 Å². The fourth-order valence-electron chi connectivity index (χ4n) is 2.50. The molecule has 2 heteroatoms. The second kappa shape index (κ2) is 4.04. The topological polar surface area (TPSA) is 26.0 Å². The first-order valence-corrected chi connectivity index (χ1v) is 6.63. The maximum absolute atomic E-state index is 6.29. The Kier molecular flexibility index (Phi) is 2.54. The summed E-state index contributed by atoms with van der Waals surface area (Å²) in [6.45, 7) is 0. The molecule has 2 atom stereocenters. The smallest absolute Gasteiger partial charge is 0.0152 e. The largest absolute Gasteiger partial charge is 0.327 e. The maximum atomic E-state index is 6.29. The van der Waals surface area contributed by atoms with Gasteiger partial charge in [0, 0.05) is 12.0 Å². The van der Waals surface area contributed by atoms with E-state index in [-0.39, 0.29) is 6.04 Å². The Morgan fingerprint density at radius 2 is 2.19 bits per heavy atom. The van der Waals surface area contributed by atoms with Gasteiger partial charge in [-0.1, -0.05) is 24.3 Å². The van der Waals surface area contributed by atoms with E-state index in [9.17, 15) is 0 Å². The first-order chi connectivity index (χ1) is 7.84. The average molecular weight is 229 g/mol. The highest BCUT2D eigenvalue weighted by Gasteiger charge is 2.30. The average Bonchev–Trinajstić information content (AvgIpc) is 2.72. The first-order valence-electron chi connectivity index (χ1n) is 5.69. The second-order valence-corrected chi connectivity index (χ2v) is 5.29. The fraction of sp³-hybridized carbons (Fsp3) is 0.286. The van der Waals surface area contributed by atoms with Crippen molar-refractivity contribution in [2.45, 2.75) is 24.8 Å². The second-order valence-electron chi connectivity index (χ2n) is 4.51. The van der Waals surface area contributed by atoms with Gasteiger partial charge in [-0.15, -0.1) is 0 Å². The number of fused-ring (bicyclic) bond motifs is 1. The van der Waals surface area contributed by atoms with Gasteiger partial charge in [-0.2, -0.15) is 11.3 Å². The summed E-state index contributed by atoms with van der Waals surface area (Å²) in [7, 11) is 0. The zero-order chi connectivity index (χ0) is 11.0. The van der Waals surface area contributed by atoms with Crippen molar-refractivity contribution in [3.05, 3.63) is 57.8 Å². The molecule has 0 saturated heterocycles. The monoisotopic (exact) mass is 229 g/mol. The zero-order valence-electron chi connectivity index (χ0n) is 9.10. The van der Waals surface area contributed by atoms with Gasteiger partial charge in [-0.05, 0) is 46.4 Å². The van der Waals surface area contributed by atoms with Crippen LogP contribution in [0.2, 0.25) is 0 Å². The molecule has 0 radical (unpaired) electrons. The van der Waals surface area contributed by atoms with E-state index in [1.165, 1.54) is 16.7 Å². The van der Waals surface area contributed by atoms with Crippen molar-refractivity contribution in [1.82, 2.24) is 0 Å². The van der Waals surface area contributed by atoms with Crippen molar-refractivity contribution in [2.24, 2.45) is 5.73 Å². The molecule has 1 aromatic carbocycles. The van der Waals surface area contributed by atoms with Crippen molar-refractivity contribution >= 4 is 11.3 Å². The van der Waals surface area contributed by atoms with Crippen LogP contribution >= 0.6 is 11.3 Å². The molecule has 2 aromatic rings. The van der Waals surface area contributed by atoms with Crippen LogP contribution in [0.5, 0.6) is 0 Å². The predicted octanol–water partition coefficient (Wildman–Crippen LogP) is 2.96. The highest BCUT2D eigenvalue weighted by atomic mass is 32.1. The van der Waals surface area contributed by atoms with Gasteiger partial charge in [0.2, 0.25) is 0 Å². The minimum atomic E-state index is 0.268. The Bertz CT molecular complexity index is 475. The lowest BCUT2D eigenvalue weighted by Gasteiger charge is -2.34. The molecule has 0 amide bonds. The van der Waals surface area contributed by atoms with Crippen LogP contribution in [0.3, 0.4) is 0 Å². The van der Waals surface area contributed by atoms with Crippen LogP contribution < -0.4 is 5.73 Å². The molecule has 0 aliphatic heterocycles. The van der Waals surface area contributed by atoms with Gasteiger partial charge in [0.15, 0.2) is 0 Å². The van der Waals surface area contributed by atoms with Gasteiger partial charge in [0.05, 0.1) is 0 Å². The lowest BCUT2D eigenvalue weighted by molar-refractivity contribution is 0.481. The Hall–Kier alpha value is -1.12. The third-order valence-corrected chi connectivity index (χ3v) is 4.19. The fourth-order valence-corrected chi connectivity index (χ4v) is 3.18. The van der Waals surface area contributed by atoms with Gasteiger partial charge >= 0.3 is 0 Å². The molecule has 82 valence electrons. The SMILES string of the molecule is NC(Cc1ccsc1)C1Cc2ccccc21. The molecule has 1 nitrogen and oxygen atoms in total. The van der Waals surface area contributed by atoms with Gasteiger partial charge in [-0.3, -0.25) is 0 Å². The molecular formula is C14H15NS. The molecule has 2 N–H and O–H groups in total. The molecule has 1 aromatic heterocycles. The molecule has 0 spiro atoms. The molecule has 16 heavy (non-hydrogen) atoms. The number of rotatable bonds is 3. The Morgan fingerprint density at radius 1 is 1.31 bits per heavy atom. The van der Waals surface area contributed by atoms with Gasteiger partial charge in [0.25, 0.3) is 0 Å². The predicted molar refractivity (Wildman–Crippen MR) is 68.9 cm³/mol. The number of nitrogens with two attached hydrogens (primary N) is 1. The summed E-state index contributed by atoms with van der Waals surface area (Å²) in [6, 6.07) is 11.1. The number of hydrogen-bond acceptors (Lipinski definition) is 2. The Labute approximate surface area is 99.9 Å². The van der Waals surface area contributed by atoms with E-state index in [0.29, 0.717) is 5.92 Å². The highest BCUT2D eigenvalue weighted by Crippen LogP contribution is 2.37. The number of hydrogen-bond donors (Lipinski definition) is 1. The molecule has 0 fully saturated rings. The molecule has 3 rings (SSSR count). The summed E-state index contributed by atoms with van der Waals surface area (Å²) >= 11 is 1.75. The van der Waals surface area contributed by atoms with E-state index < -0.39 is 0 Å². The van der Waals surface area contributed by atoms with Crippen LogP contribution in [0.15, 0.2) is 41.1 Å². The normalized spacial score (nSPS) is 19.9. The van der Waals surface area contributed by atoms with Crippen molar-refractivity contribution in [2.75, 3.05) is 0 Å². The lowest BCUT2D eigenvalue weighted by Crippen LogP contribution is -2.37. The molecular weight excluding hydrogens is 214 g/mol. The van der Waals surface area contributed by atoms with E-state index in [4.69, 9.17) is 5.73 Å². The van der Waals surface area contributed by atoms with Crippen molar-refractivity contribution in [3.8, 4) is 0 Å². The molecule has 1 aliphatic rings. The van der Waals surface area contributed by atoms with Gasteiger partial charge in [-0.25, -0.2) is 0 Å². The van der Waals surface area contributed by atoms with Crippen molar-refractivity contribution < 1.29 is 0 Å². The maximum Gasteiger partial charge on any atom is 0.0152 e. The molecule has 0 bridgehead atoms. The van der Waals surface area contributed by atoms with Gasteiger partial charge < -0.3 is 5.73 Å². The molecule has 2 unspecified atom stereocenters. The summed E-state index contributed by atoms with van der Waals surface area (Å²) < 4.78 is 0. The van der Waals surface area contributed by atoms with Crippen LogP contribution in [-0.2, 0) is 12.8 Å². The quantitative estimate of drug-likeness (QED) is 0.860. The van der Waals surface area contributed by atoms with Gasteiger partial charge in [0.1, 0.15) is 0 Å². The van der Waals surface area contributed by atoms with Crippen LogP contribution in [0, 0.1) is 0 Å². The van der Waals surface area contributed by atoms with Crippen LogP contribution in [0.25, 0.3) is 0 Å². The van der Waals surface area contributed by atoms with Crippen LogP contribution in [-0.4, -0.2) is 6.04 Å². The zero-order valence-corrected chi connectivity index (χ0v) is 9.91. The van der Waals surface area contributed by atoms with Crippen molar-refractivity contribution in [3.63, 3.8) is 0 Å². The minimum absolute atomic E-state index is 0.268. The van der Waals surface area contributed by atoms with E-state index in [1.54, 1.807) is 11.3 Å². The molecule has 1 aliphatic carbocycles. The summed E-state index contributed by atoms with van der Waals surface area (Å²) in [5.41, 5.74) is 10.6. The first kappa shape index (κ1) is 10.1. The highest BCUT2D eigenvalue weighted by molar-refractivity contribution is 7.07. The van der Waals surface area contributed by atoms with E-state index >= 15 is 0 Å². The molecule has 0 saturated carbocycles. The summed E-state index contributed by atoms with van der Waals surface area (Å²) in [4.78, 5) is 0.